The Kier molecular flexibility index (Phi) is 3.11. The average molecular weight is 246 g/mol. The van der Waals surface area contributed by atoms with Gasteiger partial charge in [0.2, 0.25) is 0 Å². The molecule has 0 bridgehead atoms. The van der Waals surface area contributed by atoms with Crippen LogP contribution in [-0.4, -0.2) is 22.9 Å². The van der Waals surface area contributed by atoms with Crippen LogP contribution in [-0.2, 0) is 21.5 Å². The molecule has 0 N–H and O–H groups in total. The number of para-hydroxylation sites is 1. The van der Waals surface area contributed by atoms with Crippen LogP contribution in [0.25, 0.3) is 10.9 Å². The van der Waals surface area contributed by atoms with E-state index in [1.165, 1.54) is 7.11 Å². The fourth-order valence-corrected chi connectivity index (χ4v) is 1.99. The van der Waals surface area contributed by atoms with Crippen LogP contribution in [0.15, 0.2) is 24.3 Å². The van der Waals surface area contributed by atoms with Crippen molar-refractivity contribution in [2.75, 3.05) is 7.11 Å². The van der Waals surface area contributed by atoms with Crippen molar-refractivity contribution in [3.63, 3.8) is 0 Å². The fourth-order valence-electron chi connectivity index (χ4n) is 1.99. The number of fused-ring (bicyclic) bond motifs is 1. The molecule has 0 unspecified atom stereocenters. The molecule has 0 aliphatic carbocycles. The average Bonchev–Trinajstić information content (AvgIpc) is 2.68. The molecule has 0 spiro atoms. The van der Waals surface area contributed by atoms with Crippen molar-refractivity contribution in [2.24, 2.45) is 0 Å². The van der Waals surface area contributed by atoms with Crippen molar-refractivity contribution in [1.29, 1.82) is 0 Å². The summed E-state index contributed by atoms with van der Waals surface area (Å²) in [5.41, 5.74) is 1.91. The molecular weight excluding hydrogens is 228 g/mol. The predicted molar refractivity (Wildman–Crippen MR) is 70.4 cm³/mol. The third-order valence-corrected chi connectivity index (χ3v) is 2.87. The second-order valence-electron chi connectivity index (χ2n) is 5.35. The molecule has 0 radical (unpaired) electrons. The maximum Gasteiger partial charge on any atom is 0.327 e. The first-order valence-electron chi connectivity index (χ1n) is 5.96. The topological polar surface area (TPSA) is 44.1 Å². The third kappa shape index (κ3) is 2.23. The minimum Gasteiger partial charge on any atom is -0.468 e. The summed E-state index contributed by atoms with van der Waals surface area (Å²) in [6, 6.07) is 7.95. The summed E-state index contributed by atoms with van der Waals surface area (Å²) in [5, 5.41) is 5.66. The van der Waals surface area contributed by atoms with Gasteiger partial charge in [-0.25, -0.2) is 0 Å². The number of rotatable bonds is 2. The number of methoxy groups -OCH3 is 1. The monoisotopic (exact) mass is 246 g/mol. The van der Waals surface area contributed by atoms with E-state index < -0.39 is 0 Å². The van der Waals surface area contributed by atoms with Crippen molar-refractivity contribution in [2.45, 2.75) is 32.7 Å². The summed E-state index contributed by atoms with van der Waals surface area (Å²) in [6.07, 6.45) is 0. The van der Waals surface area contributed by atoms with Gasteiger partial charge in [0.15, 0.2) is 0 Å². The van der Waals surface area contributed by atoms with Gasteiger partial charge in [0.25, 0.3) is 0 Å². The number of aromatic nitrogens is 2. The van der Waals surface area contributed by atoms with Gasteiger partial charge in [-0.2, -0.15) is 5.10 Å². The molecule has 0 fully saturated rings. The summed E-state index contributed by atoms with van der Waals surface area (Å²) in [5.74, 6) is -0.288. The molecule has 4 heteroatoms. The summed E-state index contributed by atoms with van der Waals surface area (Å²) < 4.78 is 6.41. The maximum atomic E-state index is 11.4. The zero-order chi connectivity index (χ0) is 13.3. The van der Waals surface area contributed by atoms with Gasteiger partial charge in [-0.05, 0) is 6.07 Å². The highest BCUT2D eigenvalue weighted by molar-refractivity contribution is 5.84. The zero-order valence-corrected chi connectivity index (χ0v) is 11.2. The van der Waals surface area contributed by atoms with Gasteiger partial charge >= 0.3 is 5.97 Å². The smallest absolute Gasteiger partial charge is 0.327 e. The van der Waals surface area contributed by atoms with E-state index in [1.807, 2.05) is 24.3 Å². The lowest BCUT2D eigenvalue weighted by molar-refractivity contribution is -0.141. The number of hydrogen-bond acceptors (Lipinski definition) is 3. The van der Waals surface area contributed by atoms with Crippen LogP contribution in [0.4, 0.5) is 0 Å². The van der Waals surface area contributed by atoms with Gasteiger partial charge < -0.3 is 4.74 Å². The molecule has 0 atom stereocenters. The standard InChI is InChI=1S/C14H18N2O2/c1-14(2,3)13-10-7-5-6-8-11(10)16(15-13)9-12(17)18-4/h5-8H,9H2,1-4H3. The molecule has 0 aliphatic rings. The van der Waals surface area contributed by atoms with Crippen LogP contribution in [0, 0.1) is 0 Å². The molecule has 1 heterocycles. The Balaban J connectivity index is 2.58. The third-order valence-electron chi connectivity index (χ3n) is 2.87. The molecule has 96 valence electrons. The highest BCUT2D eigenvalue weighted by atomic mass is 16.5. The number of benzene rings is 1. The van der Waals surface area contributed by atoms with Gasteiger partial charge in [-0.1, -0.05) is 39.0 Å². The van der Waals surface area contributed by atoms with E-state index in [1.54, 1.807) is 4.68 Å². The number of carbonyl (C=O) groups excluding carboxylic acids is 1. The highest BCUT2D eigenvalue weighted by Crippen LogP contribution is 2.28. The van der Waals surface area contributed by atoms with Crippen molar-refractivity contribution in [3.05, 3.63) is 30.0 Å². The van der Waals surface area contributed by atoms with E-state index >= 15 is 0 Å². The lowest BCUT2D eigenvalue weighted by Crippen LogP contribution is -2.16. The van der Waals surface area contributed by atoms with E-state index in [0.29, 0.717) is 0 Å². The Morgan fingerprint density at radius 1 is 1.33 bits per heavy atom. The zero-order valence-electron chi connectivity index (χ0n) is 11.2. The lowest BCUT2D eigenvalue weighted by atomic mass is 9.90. The number of esters is 1. The number of nitrogens with zero attached hydrogens (tertiary/aromatic N) is 2. The van der Waals surface area contributed by atoms with Crippen LogP contribution >= 0.6 is 0 Å². The number of ether oxygens (including phenoxy) is 1. The molecular formula is C14H18N2O2. The Labute approximate surface area is 107 Å². The first kappa shape index (κ1) is 12.6. The number of hydrogen-bond donors (Lipinski definition) is 0. The molecule has 1 aromatic carbocycles. The summed E-state index contributed by atoms with van der Waals surface area (Å²) in [7, 11) is 1.39. The SMILES string of the molecule is COC(=O)Cn1nc(C(C)(C)C)c2ccccc21. The maximum absolute atomic E-state index is 11.4. The van der Waals surface area contributed by atoms with Gasteiger partial charge in [-0.15, -0.1) is 0 Å². The van der Waals surface area contributed by atoms with Gasteiger partial charge in [0.05, 0.1) is 18.3 Å². The van der Waals surface area contributed by atoms with Gasteiger partial charge in [0.1, 0.15) is 6.54 Å². The van der Waals surface area contributed by atoms with Crippen molar-refractivity contribution >= 4 is 16.9 Å². The Hall–Kier alpha value is -1.84. The normalized spacial score (nSPS) is 11.8. The molecule has 1 aromatic heterocycles. The van der Waals surface area contributed by atoms with E-state index in [9.17, 15) is 4.79 Å². The Bertz CT molecular complexity index is 579. The van der Waals surface area contributed by atoms with E-state index in [-0.39, 0.29) is 17.9 Å². The highest BCUT2D eigenvalue weighted by Gasteiger charge is 2.22. The molecule has 0 amide bonds. The summed E-state index contributed by atoms with van der Waals surface area (Å²) in [6.45, 7) is 6.49. The molecule has 18 heavy (non-hydrogen) atoms. The second-order valence-corrected chi connectivity index (χ2v) is 5.35. The predicted octanol–water partition coefficient (Wildman–Crippen LogP) is 2.51. The summed E-state index contributed by atoms with van der Waals surface area (Å²) >= 11 is 0. The van der Waals surface area contributed by atoms with Crippen molar-refractivity contribution < 1.29 is 9.53 Å². The van der Waals surface area contributed by atoms with Crippen LogP contribution in [0.1, 0.15) is 26.5 Å². The van der Waals surface area contributed by atoms with Crippen LogP contribution < -0.4 is 0 Å². The lowest BCUT2D eigenvalue weighted by Gasteiger charge is -2.15. The first-order valence-corrected chi connectivity index (χ1v) is 5.96. The van der Waals surface area contributed by atoms with Crippen LogP contribution in [0.3, 0.4) is 0 Å². The van der Waals surface area contributed by atoms with E-state index in [0.717, 1.165) is 16.6 Å². The second kappa shape index (κ2) is 4.44. The van der Waals surface area contributed by atoms with Gasteiger partial charge in [0, 0.05) is 10.8 Å². The van der Waals surface area contributed by atoms with E-state index in [2.05, 4.69) is 25.9 Å². The molecule has 0 aliphatic heterocycles. The van der Waals surface area contributed by atoms with Crippen molar-refractivity contribution in [3.8, 4) is 0 Å². The van der Waals surface area contributed by atoms with E-state index in [4.69, 9.17) is 4.74 Å². The molecule has 2 aromatic rings. The molecule has 0 saturated heterocycles. The summed E-state index contributed by atoms with van der Waals surface area (Å²) in [4.78, 5) is 11.4. The van der Waals surface area contributed by atoms with Crippen molar-refractivity contribution in [1.82, 2.24) is 9.78 Å². The molecule has 0 saturated carbocycles. The molecule has 2 rings (SSSR count). The fraction of sp³-hybridized carbons (Fsp3) is 0.429. The molecule has 4 nitrogen and oxygen atoms in total. The largest absolute Gasteiger partial charge is 0.468 e. The van der Waals surface area contributed by atoms with Gasteiger partial charge in [-0.3, -0.25) is 9.48 Å². The van der Waals surface area contributed by atoms with Crippen LogP contribution in [0.2, 0.25) is 0 Å². The van der Waals surface area contributed by atoms with Crippen LogP contribution in [0.5, 0.6) is 0 Å². The Morgan fingerprint density at radius 2 is 2.00 bits per heavy atom. The number of carbonyl (C=O) groups is 1. The Morgan fingerprint density at radius 3 is 2.61 bits per heavy atom. The minimum absolute atomic E-state index is 0.0546. The quantitative estimate of drug-likeness (QED) is 0.765. The minimum atomic E-state index is -0.288. The first-order chi connectivity index (χ1) is 8.43.